The number of nitrogen functional groups attached to an aromatic ring is 1. The zero-order chi connectivity index (χ0) is 16.2. The first-order valence-corrected chi connectivity index (χ1v) is 6.94. The van der Waals surface area contributed by atoms with Gasteiger partial charge in [0.2, 0.25) is 5.78 Å². The van der Waals surface area contributed by atoms with E-state index in [0.29, 0.717) is 17.7 Å². The fourth-order valence-corrected chi connectivity index (χ4v) is 2.22. The standard InChI is InChI=1S/C16H14N4O3/c17-13-3-1-10(2-4-13)5-11-7-23-8-12(11)6-14(21)15(22)16-18-9-19-20-16/h1-4,7-9H,5-6,17H2,(H,18,19,20). The molecule has 0 fully saturated rings. The SMILES string of the molecule is Nc1ccc(Cc2cocc2CC(=O)C(=O)c2ncn[nH]2)cc1. The number of H-pyrrole nitrogens is 1. The van der Waals surface area contributed by atoms with Gasteiger partial charge in [-0.05, 0) is 23.3 Å². The van der Waals surface area contributed by atoms with Crippen molar-refractivity contribution in [1.29, 1.82) is 0 Å². The first kappa shape index (κ1) is 14.7. The fourth-order valence-electron chi connectivity index (χ4n) is 2.22. The number of rotatable bonds is 6. The Kier molecular flexibility index (Phi) is 4.01. The first-order valence-electron chi connectivity index (χ1n) is 6.94. The Morgan fingerprint density at radius 1 is 1.13 bits per heavy atom. The third-order valence-electron chi connectivity index (χ3n) is 3.44. The minimum atomic E-state index is -0.692. The minimum absolute atomic E-state index is 0.0413. The number of ketones is 2. The van der Waals surface area contributed by atoms with Crippen molar-refractivity contribution in [3.05, 3.63) is 65.6 Å². The Bertz CT molecular complexity index is 819. The van der Waals surface area contributed by atoms with Crippen LogP contribution in [0.5, 0.6) is 0 Å². The molecule has 0 atom stereocenters. The topological polar surface area (TPSA) is 115 Å². The van der Waals surface area contributed by atoms with Crippen LogP contribution in [0.25, 0.3) is 0 Å². The normalized spacial score (nSPS) is 10.6. The van der Waals surface area contributed by atoms with E-state index in [4.69, 9.17) is 10.2 Å². The fraction of sp³-hybridized carbons (Fsp3) is 0.125. The molecule has 116 valence electrons. The van der Waals surface area contributed by atoms with Crippen LogP contribution in [0, 0.1) is 0 Å². The molecule has 0 aliphatic rings. The Morgan fingerprint density at radius 2 is 1.87 bits per heavy atom. The largest absolute Gasteiger partial charge is 0.472 e. The Labute approximate surface area is 131 Å². The summed E-state index contributed by atoms with van der Waals surface area (Å²) in [5.74, 6) is -1.32. The summed E-state index contributed by atoms with van der Waals surface area (Å²) >= 11 is 0. The van der Waals surface area contributed by atoms with E-state index < -0.39 is 11.6 Å². The minimum Gasteiger partial charge on any atom is -0.472 e. The molecule has 0 saturated heterocycles. The lowest BCUT2D eigenvalue weighted by atomic mass is 9.99. The molecule has 0 aliphatic carbocycles. The second-order valence-electron chi connectivity index (χ2n) is 5.10. The van der Waals surface area contributed by atoms with Crippen molar-refractivity contribution in [2.24, 2.45) is 0 Å². The van der Waals surface area contributed by atoms with Crippen LogP contribution < -0.4 is 5.73 Å². The highest BCUT2D eigenvalue weighted by atomic mass is 16.3. The van der Waals surface area contributed by atoms with Crippen LogP contribution in [0.2, 0.25) is 0 Å². The average Bonchev–Trinajstić information content (AvgIpc) is 3.21. The number of nitrogens with zero attached hydrogens (tertiary/aromatic N) is 2. The number of Topliss-reactive ketones (excluding diaryl/α,β-unsaturated/α-hetero) is 2. The number of furan rings is 1. The van der Waals surface area contributed by atoms with Gasteiger partial charge in [-0.25, -0.2) is 4.98 Å². The molecule has 1 aromatic carbocycles. The second-order valence-corrected chi connectivity index (χ2v) is 5.10. The number of hydrogen-bond acceptors (Lipinski definition) is 6. The van der Waals surface area contributed by atoms with Gasteiger partial charge in [0, 0.05) is 24.1 Å². The van der Waals surface area contributed by atoms with Crippen LogP contribution >= 0.6 is 0 Å². The summed E-state index contributed by atoms with van der Waals surface area (Å²) < 4.78 is 5.19. The van der Waals surface area contributed by atoms with Gasteiger partial charge in [0.05, 0.1) is 12.5 Å². The lowest BCUT2D eigenvalue weighted by Crippen LogP contribution is -2.18. The molecule has 0 aliphatic heterocycles. The maximum Gasteiger partial charge on any atom is 0.265 e. The van der Waals surface area contributed by atoms with Gasteiger partial charge in [-0.1, -0.05) is 12.1 Å². The van der Waals surface area contributed by atoms with Crippen LogP contribution in [0.1, 0.15) is 27.3 Å². The number of carbonyl (C=O) groups excluding carboxylic acids is 2. The van der Waals surface area contributed by atoms with Crippen molar-refractivity contribution < 1.29 is 14.0 Å². The van der Waals surface area contributed by atoms with Gasteiger partial charge in [-0.3, -0.25) is 14.7 Å². The van der Waals surface area contributed by atoms with Crippen LogP contribution in [0.4, 0.5) is 5.69 Å². The van der Waals surface area contributed by atoms with E-state index in [1.807, 2.05) is 24.3 Å². The van der Waals surface area contributed by atoms with E-state index >= 15 is 0 Å². The van der Waals surface area contributed by atoms with Gasteiger partial charge in [0.25, 0.3) is 5.78 Å². The predicted molar refractivity (Wildman–Crippen MR) is 81.8 cm³/mol. The van der Waals surface area contributed by atoms with Crippen LogP contribution in [0.15, 0.2) is 47.5 Å². The average molecular weight is 310 g/mol. The Hall–Kier alpha value is -3.22. The van der Waals surface area contributed by atoms with Gasteiger partial charge in [-0.15, -0.1) is 0 Å². The van der Waals surface area contributed by atoms with E-state index in [1.54, 1.807) is 6.26 Å². The second kappa shape index (κ2) is 6.27. The predicted octanol–water partition coefficient (Wildman–Crippen LogP) is 1.57. The van der Waals surface area contributed by atoms with Crippen molar-refractivity contribution >= 4 is 17.3 Å². The number of nitrogens with one attached hydrogen (secondary N) is 1. The molecule has 3 aromatic rings. The van der Waals surface area contributed by atoms with E-state index in [-0.39, 0.29) is 12.2 Å². The zero-order valence-electron chi connectivity index (χ0n) is 12.2. The number of anilines is 1. The third-order valence-corrected chi connectivity index (χ3v) is 3.44. The number of aromatic amines is 1. The summed E-state index contributed by atoms with van der Waals surface area (Å²) in [6, 6.07) is 7.45. The van der Waals surface area contributed by atoms with Crippen molar-refractivity contribution in [2.75, 3.05) is 5.73 Å². The van der Waals surface area contributed by atoms with Gasteiger partial charge in [-0.2, -0.15) is 5.10 Å². The summed E-state index contributed by atoms with van der Waals surface area (Å²) in [7, 11) is 0. The number of nitrogens with two attached hydrogens (primary N) is 1. The monoisotopic (exact) mass is 310 g/mol. The molecule has 7 heteroatoms. The van der Waals surface area contributed by atoms with Crippen molar-refractivity contribution in [1.82, 2.24) is 15.2 Å². The van der Waals surface area contributed by atoms with Crippen molar-refractivity contribution in [3.63, 3.8) is 0 Å². The third kappa shape index (κ3) is 3.34. The van der Waals surface area contributed by atoms with Crippen molar-refractivity contribution in [2.45, 2.75) is 12.8 Å². The van der Waals surface area contributed by atoms with E-state index in [1.165, 1.54) is 12.6 Å². The molecule has 2 heterocycles. The number of aromatic nitrogens is 3. The van der Waals surface area contributed by atoms with E-state index in [9.17, 15) is 9.59 Å². The number of benzene rings is 1. The van der Waals surface area contributed by atoms with Crippen LogP contribution in [-0.2, 0) is 17.6 Å². The molecular formula is C16H14N4O3. The molecule has 0 spiro atoms. The number of hydrogen-bond donors (Lipinski definition) is 2. The molecular weight excluding hydrogens is 296 g/mol. The lowest BCUT2D eigenvalue weighted by molar-refractivity contribution is -0.114. The molecule has 0 amide bonds. The highest BCUT2D eigenvalue weighted by Crippen LogP contribution is 2.18. The summed E-state index contributed by atoms with van der Waals surface area (Å²) in [4.78, 5) is 27.7. The molecule has 0 radical (unpaired) electrons. The maximum atomic E-state index is 12.1. The Balaban J connectivity index is 1.72. The van der Waals surface area contributed by atoms with E-state index in [0.717, 1.165) is 11.1 Å². The summed E-state index contributed by atoms with van der Waals surface area (Å²) in [5, 5.41) is 5.96. The van der Waals surface area contributed by atoms with Gasteiger partial charge in [0.15, 0.2) is 5.82 Å². The smallest absolute Gasteiger partial charge is 0.265 e. The van der Waals surface area contributed by atoms with Gasteiger partial charge in [0.1, 0.15) is 6.33 Å². The maximum absolute atomic E-state index is 12.1. The molecule has 3 N–H and O–H groups in total. The highest BCUT2D eigenvalue weighted by molar-refractivity contribution is 6.43. The van der Waals surface area contributed by atoms with Gasteiger partial charge < -0.3 is 10.2 Å². The summed E-state index contributed by atoms with van der Waals surface area (Å²) in [5.41, 5.74) is 8.92. The molecule has 0 saturated carbocycles. The van der Waals surface area contributed by atoms with Crippen molar-refractivity contribution in [3.8, 4) is 0 Å². The molecule has 23 heavy (non-hydrogen) atoms. The lowest BCUT2D eigenvalue weighted by Gasteiger charge is -2.03. The number of carbonyl (C=O) groups is 2. The Morgan fingerprint density at radius 3 is 2.57 bits per heavy atom. The molecule has 0 unspecified atom stereocenters. The molecule has 7 nitrogen and oxygen atoms in total. The quantitative estimate of drug-likeness (QED) is 0.405. The highest BCUT2D eigenvalue weighted by Gasteiger charge is 2.21. The zero-order valence-corrected chi connectivity index (χ0v) is 12.2. The molecule has 3 rings (SSSR count). The van der Waals surface area contributed by atoms with E-state index in [2.05, 4.69) is 15.2 Å². The first-order chi connectivity index (χ1) is 11.1. The van der Waals surface area contributed by atoms with Crippen LogP contribution in [0.3, 0.4) is 0 Å². The molecule has 2 aromatic heterocycles. The molecule has 0 bridgehead atoms. The summed E-state index contributed by atoms with van der Waals surface area (Å²) in [6.45, 7) is 0. The summed E-state index contributed by atoms with van der Waals surface area (Å²) in [6.07, 6.45) is 4.80. The van der Waals surface area contributed by atoms with Crippen LogP contribution in [-0.4, -0.2) is 26.7 Å². The van der Waals surface area contributed by atoms with Gasteiger partial charge >= 0.3 is 0 Å².